The summed E-state index contributed by atoms with van der Waals surface area (Å²) in [5.74, 6) is 0.219. The summed E-state index contributed by atoms with van der Waals surface area (Å²) in [5, 5.41) is 0. The fraction of sp³-hybridized carbons (Fsp3) is 0.923. The molecule has 0 aromatic carbocycles. The normalized spacial score (nSPS) is 20.2. The van der Waals surface area contributed by atoms with Crippen LogP contribution in [0.3, 0.4) is 0 Å². The van der Waals surface area contributed by atoms with Gasteiger partial charge in [0, 0.05) is 20.1 Å². The number of carbonyl (C=O) groups excluding carboxylic acids is 1. The summed E-state index contributed by atoms with van der Waals surface area (Å²) in [4.78, 5) is 16.1. The van der Waals surface area contributed by atoms with E-state index in [1.54, 1.807) is 4.90 Å². The summed E-state index contributed by atoms with van der Waals surface area (Å²) in [7, 11) is 1.87. The number of nitrogens with two attached hydrogens (primary N) is 1. The van der Waals surface area contributed by atoms with Gasteiger partial charge in [0.1, 0.15) is 0 Å². The Kier molecular flexibility index (Phi) is 5.40. The van der Waals surface area contributed by atoms with E-state index in [9.17, 15) is 4.79 Å². The molecule has 0 aromatic heterocycles. The van der Waals surface area contributed by atoms with Crippen molar-refractivity contribution < 1.29 is 4.79 Å². The Labute approximate surface area is 105 Å². The molecule has 0 bridgehead atoms. The zero-order chi connectivity index (χ0) is 12.9. The van der Waals surface area contributed by atoms with Crippen molar-refractivity contribution >= 4 is 5.91 Å². The highest BCUT2D eigenvalue weighted by atomic mass is 16.2. The molecule has 1 fully saturated rings. The first-order valence-electron chi connectivity index (χ1n) is 6.61. The Morgan fingerprint density at radius 3 is 2.76 bits per heavy atom. The predicted octanol–water partition coefficient (Wildman–Crippen LogP) is 0.916. The number of likely N-dealkylation sites (N-methyl/N-ethyl adjacent to an activating group) is 1. The highest BCUT2D eigenvalue weighted by molar-refractivity contribution is 5.77. The van der Waals surface area contributed by atoms with Crippen molar-refractivity contribution in [3.05, 3.63) is 0 Å². The van der Waals surface area contributed by atoms with Crippen LogP contribution in [0, 0.1) is 5.41 Å². The summed E-state index contributed by atoms with van der Waals surface area (Å²) in [6.45, 7) is 8.62. The van der Waals surface area contributed by atoms with Crippen molar-refractivity contribution in [3.63, 3.8) is 0 Å². The van der Waals surface area contributed by atoms with Crippen LogP contribution in [-0.4, -0.2) is 55.5 Å². The van der Waals surface area contributed by atoms with Crippen LogP contribution >= 0.6 is 0 Å². The number of rotatable bonds is 5. The van der Waals surface area contributed by atoms with Crippen LogP contribution in [0.2, 0.25) is 0 Å². The molecule has 1 aliphatic heterocycles. The number of likely N-dealkylation sites (tertiary alicyclic amines) is 1. The van der Waals surface area contributed by atoms with Crippen LogP contribution in [0.15, 0.2) is 0 Å². The molecule has 4 nitrogen and oxygen atoms in total. The molecule has 0 aromatic rings. The van der Waals surface area contributed by atoms with Gasteiger partial charge >= 0.3 is 0 Å². The molecule has 0 atom stereocenters. The molecule has 0 saturated carbocycles. The first-order chi connectivity index (χ1) is 7.94. The van der Waals surface area contributed by atoms with E-state index in [0.29, 0.717) is 18.5 Å². The molecular formula is C13H27N3O. The van der Waals surface area contributed by atoms with Gasteiger partial charge in [-0.05, 0) is 37.8 Å². The fourth-order valence-corrected chi connectivity index (χ4v) is 2.44. The Morgan fingerprint density at radius 1 is 1.47 bits per heavy atom. The van der Waals surface area contributed by atoms with E-state index < -0.39 is 0 Å². The predicted molar refractivity (Wildman–Crippen MR) is 70.8 cm³/mol. The maximum absolute atomic E-state index is 12.0. The standard InChI is InChI=1S/C13H27N3O/c1-13(2)6-4-9-16(11-13)10-12(17)15(3)8-5-7-14/h4-11,14H2,1-3H3. The van der Waals surface area contributed by atoms with E-state index in [1.165, 1.54) is 12.8 Å². The molecule has 1 aliphatic rings. The van der Waals surface area contributed by atoms with Gasteiger partial charge < -0.3 is 10.6 Å². The fourth-order valence-electron chi connectivity index (χ4n) is 2.44. The molecule has 1 rings (SSSR count). The molecule has 4 heteroatoms. The van der Waals surface area contributed by atoms with Gasteiger partial charge in [-0.1, -0.05) is 13.8 Å². The smallest absolute Gasteiger partial charge is 0.236 e. The lowest BCUT2D eigenvalue weighted by Crippen LogP contribution is -2.45. The highest BCUT2D eigenvalue weighted by Gasteiger charge is 2.27. The molecule has 1 heterocycles. The first kappa shape index (κ1) is 14.5. The molecule has 0 radical (unpaired) electrons. The third-order valence-electron chi connectivity index (χ3n) is 3.46. The Bertz CT molecular complexity index is 253. The summed E-state index contributed by atoms with van der Waals surface area (Å²) in [6.07, 6.45) is 3.35. The number of piperidine rings is 1. The SMILES string of the molecule is CN(CCCN)C(=O)CN1CCCC(C)(C)C1. The zero-order valence-electron chi connectivity index (χ0n) is 11.5. The van der Waals surface area contributed by atoms with E-state index in [1.807, 2.05) is 7.05 Å². The van der Waals surface area contributed by atoms with Crippen LogP contribution < -0.4 is 5.73 Å². The molecule has 100 valence electrons. The lowest BCUT2D eigenvalue weighted by molar-refractivity contribution is -0.131. The van der Waals surface area contributed by atoms with E-state index in [-0.39, 0.29) is 5.91 Å². The molecule has 0 aliphatic carbocycles. The minimum Gasteiger partial charge on any atom is -0.345 e. The second kappa shape index (κ2) is 6.36. The lowest BCUT2D eigenvalue weighted by Gasteiger charge is -2.38. The largest absolute Gasteiger partial charge is 0.345 e. The second-order valence-electron chi connectivity index (χ2n) is 5.94. The molecule has 0 spiro atoms. The number of hydrogen-bond acceptors (Lipinski definition) is 3. The van der Waals surface area contributed by atoms with Gasteiger partial charge in [-0.3, -0.25) is 9.69 Å². The number of nitrogens with zero attached hydrogens (tertiary/aromatic N) is 2. The summed E-state index contributed by atoms with van der Waals surface area (Å²) < 4.78 is 0. The van der Waals surface area contributed by atoms with E-state index in [0.717, 1.165) is 26.1 Å². The number of carbonyl (C=O) groups is 1. The van der Waals surface area contributed by atoms with Crippen LogP contribution in [0.5, 0.6) is 0 Å². The highest BCUT2D eigenvalue weighted by Crippen LogP contribution is 2.28. The van der Waals surface area contributed by atoms with Crippen LogP contribution in [0.25, 0.3) is 0 Å². The molecular weight excluding hydrogens is 214 g/mol. The molecule has 2 N–H and O–H groups in total. The molecule has 1 amide bonds. The van der Waals surface area contributed by atoms with Crippen molar-refractivity contribution in [2.24, 2.45) is 11.1 Å². The van der Waals surface area contributed by atoms with Crippen molar-refractivity contribution in [2.45, 2.75) is 33.1 Å². The van der Waals surface area contributed by atoms with Gasteiger partial charge in [-0.25, -0.2) is 0 Å². The van der Waals surface area contributed by atoms with Crippen molar-refractivity contribution in [3.8, 4) is 0 Å². The van der Waals surface area contributed by atoms with Gasteiger partial charge in [0.05, 0.1) is 6.54 Å². The third-order valence-corrected chi connectivity index (χ3v) is 3.46. The monoisotopic (exact) mass is 241 g/mol. The van der Waals surface area contributed by atoms with Crippen LogP contribution in [-0.2, 0) is 4.79 Å². The quantitative estimate of drug-likeness (QED) is 0.778. The second-order valence-corrected chi connectivity index (χ2v) is 5.94. The van der Waals surface area contributed by atoms with Gasteiger partial charge in [-0.2, -0.15) is 0 Å². The summed E-state index contributed by atoms with van der Waals surface area (Å²) in [5.41, 5.74) is 5.80. The average molecular weight is 241 g/mol. The minimum atomic E-state index is 0.219. The summed E-state index contributed by atoms with van der Waals surface area (Å²) in [6, 6.07) is 0. The summed E-state index contributed by atoms with van der Waals surface area (Å²) >= 11 is 0. The number of amides is 1. The maximum Gasteiger partial charge on any atom is 0.236 e. The zero-order valence-corrected chi connectivity index (χ0v) is 11.5. The minimum absolute atomic E-state index is 0.219. The third kappa shape index (κ3) is 5.04. The topological polar surface area (TPSA) is 49.6 Å². The van der Waals surface area contributed by atoms with Gasteiger partial charge in [0.2, 0.25) is 5.91 Å². The lowest BCUT2D eigenvalue weighted by atomic mass is 9.84. The number of hydrogen-bond donors (Lipinski definition) is 1. The van der Waals surface area contributed by atoms with Gasteiger partial charge in [0.15, 0.2) is 0 Å². The maximum atomic E-state index is 12.0. The van der Waals surface area contributed by atoms with Gasteiger partial charge in [-0.15, -0.1) is 0 Å². The van der Waals surface area contributed by atoms with Crippen LogP contribution in [0.1, 0.15) is 33.1 Å². The van der Waals surface area contributed by atoms with Crippen molar-refractivity contribution in [1.82, 2.24) is 9.80 Å². The van der Waals surface area contributed by atoms with E-state index in [4.69, 9.17) is 5.73 Å². The first-order valence-corrected chi connectivity index (χ1v) is 6.61. The Balaban J connectivity index is 2.35. The molecule has 1 saturated heterocycles. The van der Waals surface area contributed by atoms with Crippen LogP contribution in [0.4, 0.5) is 0 Å². The van der Waals surface area contributed by atoms with E-state index >= 15 is 0 Å². The Morgan fingerprint density at radius 2 is 2.18 bits per heavy atom. The van der Waals surface area contributed by atoms with E-state index in [2.05, 4.69) is 18.7 Å². The van der Waals surface area contributed by atoms with Crippen molar-refractivity contribution in [1.29, 1.82) is 0 Å². The molecule has 0 unspecified atom stereocenters. The Hall–Kier alpha value is -0.610. The van der Waals surface area contributed by atoms with Crippen molar-refractivity contribution in [2.75, 3.05) is 39.8 Å². The average Bonchev–Trinajstić information content (AvgIpc) is 2.24. The van der Waals surface area contributed by atoms with Gasteiger partial charge in [0.25, 0.3) is 0 Å². The molecule has 17 heavy (non-hydrogen) atoms.